The Balaban J connectivity index is 1.36. The van der Waals surface area contributed by atoms with Crippen LogP contribution in [0.1, 0.15) is 32.1 Å². The zero-order valence-corrected chi connectivity index (χ0v) is 22.8. The van der Waals surface area contributed by atoms with E-state index in [2.05, 4.69) is 25.1 Å². The molecule has 0 spiro atoms. The minimum absolute atomic E-state index is 0.0189. The summed E-state index contributed by atoms with van der Waals surface area (Å²) in [7, 11) is 2.00. The zero-order valence-electron chi connectivity index (χ0n) is 22.8. The number of likely N-dealkylation sites (tertiary alicyclic amines) is 1. The molecule has 8 rings (SSSR count). The maximum atomic E-state index is 16.5. The summed E-state index contributed by atoms with van der Waals surface area (Å²) in [4.78, 5) is 18.6. The van der Waals surface area contributed by atoms with E-state index in [1.54, 1.807) is 6.20 Å². The van der Waals surface area contributed by atoms with Crippen molar-refractivity contribution in [2.24, 2.45) is 0 Å². The van der Waals surface area contributed by atoms with Gasteiger partial charge in [0.1, 0.15) is 23.6 Å². The largest absolute Gasteiger partial charge is 0.461 e. The van der Waals surface area contributed by atoms with Crippen LogP contribution < -0.4 is 15.0 Å². The minimum Gasteiger partial charge on any atom is -0.461 e. The summed E-state index contributed by atoms with van der Waals surface area (Å²) in [5.74, 6) is 0.197. The molecule has 8 nitrogen and oxygen atoms in total. The molecule has 2 aromatic carbocycles. The van der Waals surface area contributed by atoms with Crippen molar-refractivity contribution in [3.8, 4) is 17.3 Å². The van der Waals surface area contributed by atoms with Crippen LogP contribution in [0.25, 0.3) is 32.9 Å². The first-order valence-corrected chi connectivity index (χ1v) is 14.4. The first-order chi connectivity index (χ1) is 19.6. The second-order valence-electron chi connectivity index (χ2n) is 11.6. The Hall–Kier alpha value is -3.40. The molecule has 208 valence electrons. The number of hydrogen-bond acceptors (Lipinski definition) is 8. The van der Waals surface area contributed by atoms with Crippen molar-refractivity contribution in [1.82, 2.24) is 25.2 Å². The molecular weight excluding hydrogens is 507 g/mol. The Morgan fingerprint density at radius 2 is 1.98 bits per heavy atom. The lowest BCUT2D eigenvalue weighted by Gasteiger charge is -2.39. The molecule has 2 bridgehead atoms. The predicted molar refractivity (Wildman–Crippen MR) is 154 cm³/mol. The highest BCUT2D eigenvalue weighted by Crippen LogP contribution is 2.37. The summed E-state index contributed by atoms with van der Waals surface area (Å²) in [6.45, 7) is 2.78. The molecule has 4 aliphatic rings. The minimum atomic E-state index is -0.491. The highest BCUT2D eigenvalue weighted by Gasteiger charge is 2.40. The summed E-state index contributed by atoms with van der Waals surface area (Å²) in [5.41, 5.74) is 0.713. The molecular formula is C31H35FN6O2. The molecule has 3 unspecified atom stereocenters. The van der Waals surface area contributed by atoms with Crippen molar-refractivity contribution in [2.45, 2.75) is 49.7 Å². The molecule has 0 radical (unpaired) electrons. The summed E-state index contributed by atoms with van der Waals surface area (Å²) < 4.78 is 22.8. The zero-order chi connectivity index (χ0) is 27.3. The van der Waals surface area contributed by atoms with Crippen LogP contribution in [0.15, 0.2) is 48.7 Å². The van der Waals surface area contributed by atoms with Gasteiger partial charge in [0.2, 0.25) is 0 Å². The van der Waals surface area contributed by atoms with Crippen molar-refractivity contribution < 1.29 is 14.2 Å². The Labute approximate surface area is 233 Å². The molecule has 0 amide bonds. The number of benzene rings is 2. The van der Waals surface area contributed by atoms with Crippen molar-refractivity contribution in [2.75, 3.05) is 44.8 Å². The molecule has 4 fully saturated rings. The number of nitrogens with zero attached hydrogens (tertiary/aromatic N) is 5. The van der Waals surface area contributed by atoms with Gasteiger partial charge in [-0.15, -0.1) is 0 Å². The van der Waals surface area contributed by atoms with Crippen molar-refractivity contribution in [3.05, 3.63) is 54.5 Å². The van der Waals surface area contributed by atoms with Crippen LogP contribution in [0, 0.1) is 5.82 Å². The number of piperazine rings is 1. The van der Waals surface area contributed by atoms with Gasteiger partial charge in [-0.05, 0) is 56.5 Å². The van der Waals surface area contributed by atoms with E-state index in [0.717, 1.165) is 68.1 Å². The summed E-state index contributed by atoms with van der Waals surface area (Å²) in [5, 5.41) is 16.4. The predicted octanol–water partition coefficient (Wildman–Crippen LogP) is 4.15. The molecule has 40 heavy (non-hydrogen) atoms. The molecule has 4 aromatic rings. The fraction of sp³-hybridized carbons (Fsp3) is 0.452. The van der Waals surface area contributed by atoms with Crippen LogP contribution in [0.3, 0.4) is 0 Å². The Morgan fingerprint density at radius 3 is 2.83 bits per heavy atom. The number of likely N-dealkylation sites (N-methyl/N-ethyl adjacent to an activating group) is 1. The number of ether oxygens (including phenoxy) is 1. The van der Waals surface area contributed by atoms with Crippen LogP contribution in [0.4, 0.5) is 10.2 Å². The number of rotatable bonds is 6. The molecule has 0 aliphatic carbocycles. The molecule has 4 aliphatic heterocycles. The number of pyridine rings is 1. The third-order valence-electron chi connectivity index (χ3n) is 9.26. The van der Waals surface area contributed by atoms with Crippen LogP contribution in [0.2, 0.25) is 0 Å². The van der Waals surface area contributed by atoms with Gasteiger partial charge in [-0.3, -0.25) is 9.88 Å². The number of aromatic nitrogens is 3. The Kier molecular flexibility index (Phi) is 6.53. The lowest BCUT2D eigenvalue weighted by Crippen LogP contribution is -2.54. The molecule has 9 heteroatoms. The summed E-state index contributed by atoms with van der Waals surface area (Å²) in [6, 6.07) is 14.5. The first-order valence-electron chi connectivity index (χ1n) is 14.4. The highest BCUT2D eigenvalue weighted by atomic mass is 19.1. The van der Waals surface area contributed by atoms with E-state index in [1.807, 2.05) is 49.5 Å². The molecule has 3 atom stereocenters. The summed E-state index contributed by atoms with van der Waals surface area (Å²) >= 11 is 0. The van der Waals surface area contributed by atoms with E-state index in [0.29, 0.717) is 17.2 Å². The number of hydrogen-bond donors (Lipinski definition) is 2. The maximum Gasteiger partial charge on any atom is 0.319 e. The fourth-order valence-corrected chi connectivity index (χ4v) is 6.80. The van der Waals surface area contributed by atoms with E-state index in [1.165, 1.54) is 0 Å². The van der Waals surface area contributed by atoms with Crippen LogP contribution >= 0.6 is 0 Å². The van der Waals surface area contributed by atoms with Crippen molar-refractivity contribution in [3.63, 3.8) is 0 Å². The summed E-state index contributed by atoms with van der Waals surface area (Å²) in [6.07, 6.45) is 6.85. The van der Waals surface area contributed by atoms with Crippen molar-refractivity contribution >= 4 is 27.5 Å². The number of nitrogens with one attached hydrogen (secondary N) is 1. The van der Waals surface area contributed by atoms with E-state index < -0.39 is 11.4 Å². The third kappa shape index (κ3) is 4.27. The van der Waals surface area contributed by atoms with Gasteiger partial charge in [0.15, 0.2) is 5.82 Å². The Bertz CT molecular complexity index is 1560. The van der Waals surface area contributed by atoms with Gasteiger partial charge < -0.3 is 20.1 Å². The van der Waals surface area contributed by atoms with Gasteiger partial charge in [-0.1, -0.05) is 42.5 Å². The molecule has 4 saturated heterocycles. The first kappa shape index (κ1) is 25.6. The number of fused-ring (bicyclic) bond motifs is 6. The maximum absolute atomic E-state index is 16.5. The number of halogens is 1. The van der Waals surface area contributed by atoms with Crippen LogP contribution in [0.5, 0.6) is 6.01 Å². The SMILES string of the molecule is CN1CCCC1(CO)COc1nc(N2CC3CCCC2CN3)c2cnc(-c3cccc4ccccc34)c(F)c2n1. The van der Waals surface area contributed by atoms with Gasteiger partial charge in [-0.2, -0.15) is 9.97 Å². The smallest absolute Gasteiger partial charge is 0.319 e. The van der Waals surface area contributed by atoms with Gasteiger partial charge in [0.05, 0.1) is 17.5 Å². The monoisotopic (exact) mass is 542 g/mol. The van der Waals surface area contributed by atoms with E-state index >= 15 is 4.39 Å². The van der Waals surface area contributed by atoms with Gasteiger partial charge in [0.25, 0.3) is 0 Å². The second-order valence-corrected chi connectivity index (χ2v) is 11.6. The molecule has 6 heterocycles. The van der Waals surface area contributed by atoms with Crippen molar-refractivity contribution in [1.29, 1.82) is 0 Å². The van der Waals surface area contributed by atoms with E-state index in [-0.39, 0.29) is 36.5 Å². The molecule has 2 aromatic heterocycles. The average Bonchev–Trinajstić information content (AvgIpc) is 3.13. The van der Waals surface area contributed by atoms with Gasteiger partial charge in [-0.25, -0.2) is 4.39 Å². The lowest BCUT2D eigenvalue weighted by molar-refractivity contribution is 0.0363. The van der Waals surface area contributed by atoms with E-state index in [9.17, 15) is 5.11 Å². The standard InChI is InChI=1S/C31H35FN6O2/c1-37-14-6-13-31(37,18-39)19-40-30-35-28-25(29(36-30)38-17-21-9-5-10-22(38)15-33-21)16-34-27(26(28)32)24-12-4-8-20-7-2-3-11-23(20)24/h2-4,7-8,11-12,16,21-22,33,39H,5-6,9-10,13-15,17-19H2,1H3. The van der Waals surface area contributed by atoms with E-state index in [4.69, 9.17) is 9.72 Å². The van der Waals surface area contributed by atoms with Gasteiger partial charge in [0, 0.05) is 36.9 Å². The Morgan fingerprint density at radius 1 is 1.10 bits per heavy atom. The fourth-order valence-electron chi connectivity index (χ4n) is 6.80. The quantitative estimate of drug-likeness (QED) is 0.376. The lowest BCUT2D eigenvalue weighted by atomic mass is 9.99. The molecule has 0 saturated carbocycles. The van der Waals surface area contributed by atoms with Gasteiger partial charge >= 0.3 is 6.01 Å². The van der Waals surface area contributed by atoms with Crippen LogP contribution in [-0.2, 0) is 0 Å². The third-order valence-corrected chi connectivity index (χ3v) is 9.26. The average molecular weight is 543 g/mol. The van der Waals surface area contributed by atoms with Crippen LogP contribution in [-0.4, -0.2) is 82.5 Å². The molecule has 2 N–H and O–H groups in total. The number of anilines is 1. The highest BCUT2D eigenvalue weighted by molar-refractivity contribution is 5.99. The number of aliphatic hydroxyl groups is 1. The number of aliphatic hydroxyl groups excluding tert-OH is 1. The second kappa shape index (κ2) is 10.2. The normalized spacial score (nSPS) is 25.1. The topological polar surface area (TPSA) is 86.6 Å².